The van der Waals surface area contributed by atoms with Gasteiger partial charge in [-0.2, -0.15) is 5.10 Å². The minimum atomic E-state index is -3.52. The molecule has 3 rings (SSSR count). The quantitative estimate of drug-likeness (QED) is 0.594. The summed E-state index contributed by atoms with van der Waals surface area (Å²) in [6.07, 6.45) is 2.25. The Kier molecular flexibility index (Phi) is 6.46. The molecule has 0 fully saturated rings. The largest absolute Gasteiger partial charge is 0.348 e. The summed E-state index contributed by atoms with van der Waals surface area (Å²) in [7, 11) is -2.16. The number of sulfonamides is 1. The highest BCUT2D eigenvalue weighted by atomic mass is 32.2. The van der Waals surface area contributed by atoms with Crippen LogP contribution in [0.5, 0.6) is 0 Å². The highest BCUT2D eigenvalue weighted by Gasteiger charge is 2.17. The number of amides is 1. The fourth-order valence-electron chi connectivity index (χ4n) is 3.08. The standard InChI is InChI=1S/C21H24N4O3S/c1-3-20-19(14-24-25(20)15-16-8-5-4-6-9-16)21(26)23-13-17-10-7-11-18(12-17)29(27,28)22-2/h4-12,14,22H,3,13,15H2,1-2H3,(H,23,26). The Morgan fingerprint density at radius 2 is 1.79 bits per heavy atom. The lowest BCUT2D eigenvalue weighted by Gasteiger charge is -2.10. The van der Waals surface area contributed by atoms with Gasteiger partial charge in [-0.1, -0.05) is 49.4 Å². The van der Waals surface area contributed by atoms with Crippen LogP contribution in [-0.4, -0.2) is 31.2 Å². The Bertz CT molecular complexity index is 1090. The molecule has 0 aliphatic heterocycles. The molecule has 0 saturated heterocycles. The van der Waals surface area contributed by atoms with E-state index in [2.05, 4.69) is 15.1 Å². The molecular formula is C21H24N4O3S. The molecule has 1 heterocycles. The SMILES string of the molecule is CCc1c(C(=O)NCc2cccc(S(=O)(=O)NC)c2)cnn1Cc1ccccc1. The molecule has 0 aliphatic carbocycles. The van der Waals surface area contributed by atoms with Crippen molar-refractivity contribution in [2.75, 3.05) is 7.05 Å². The summed E-state index contributed by atoms with van der Waals surface area (Å²) in [6, 6.07) is 16.4. The second kappa shape index (κ2) is 9.02. The molecule has 152 valence electrons. The predicted octanol–water partition coefficient (Wildman–Crippen LogP) is 2.33. The van der Waals surface area contributed by atoms with E-state index in [-0.39, 0.29) is 17.3 Å². The molecule has 0 atom stereocenters. The van der Waals surface area contributed by atoms with Gasteiger partial charge in [0.2, 0.25) is 10.0 Å². The van der Waals surface area contributed by atoms with Crippen LogP contribution in [0.3, 0.4) is 0 Å². The van der Waals surface area contributed by atoms with Gasteiger partial charge in [-0.05, 0) is 36.7 Å². The molecule has 1 amide bonds. The maximum Gasteiger partial charge on any atom is 0.255 e. The third-order valence-corrected chi connectivity index (χ3v) is 6.05. The molecule has 0 aliphatic rings. The Labute approximate surface area is 170 Å². The molecule has 8 heteroatoms. The smallest absolute Gasteiger partial charge is 0.255 e. The van der Waals surface area contributed by atoms with Gasteiger partial charge in [0.1, 0.15) is 0 Å². The van der Waals surface area contributed by atoms with Crippen molar-refractivity contribution in [1.82, 2.24) is 19.8 Å². The van der Waals surface area contributed by atoms with Crippen molar-refractivity contribution in [2.24, 2.45) is 0 Å². The lowest BCUT2D eigenvalue weighted by molar-refractivity contribution is 0.0950. The molecule has 3 aromatic rings. The zero-order chi connectivity index (χ0) is 20.9. The van der Waals surface area contributed by atoms with E-state index in [1.54, 1.807) is 24.4 Å². The fraction of sp³-hybridized carbons (Fsp3) is 0.238. The first kappa shape index (κ1) is 20.8. The summed E-state index contributed by atoms with van der Waals surface area (Å²) in [5, 5.41) is 7.24. The number of rotatable bonds is 8. The van der Waals surface area contributed by atoms with Gasteiger partial charge in [-0.25, -0.2) is 13.1 Å². The summed E-state index contributed by atoms with van der Waals surface area (Å²) in [6.45, 7) is 2.81. The molecule has 0 saturated carbocycles. The van der Waals surface area contributed by atoms with E-state index in [0.717, 1.165) is 11.3 Å². The molecular weight excluding hydrogens is 388 g/mol. The number of carbonyl (C=O) groups excluding carboxylic acids is 1. The molecule has 29 heavy (non-hydrogen) atoms. The number of aromatic nitrogens is 2. The lowest BCUT2D eigenvalue weighted by Crippen LogP contribution is -2.24. The number of hydrogen-bond acceptors (Lipinski definition) is 4. The fourth-order valence-corrected chi connectivity index (χ4v) is 3.88. The maximum atomic E-state index is 12.7. The van der Waals surface area contributed by atoms with E-state index in [1.165, 1.54) is 13.1 Å². The predicted molar refractivity (Wildman–Crippen MR) is 111 cm³/mol. The zero-order valence-corrected chi connectivity index (χ0v) is 17.2. The summed E-state index contributed by atoms with van der Waals surface area (Å²) < 4.78 is 28.0. The van der Waals surface area contributed by atoms with Crippen LogP contribution < -0.4 is 10.0 Å². The van der Waals surface area contributed by atoms with Crippen molar-refractivity contribution in [1.29, 1.82) is 0 Å². The first-order chi connectivity index (χ1) is 13.9. The highest BCUT2D eigenvalue weighted by molar-refractivity contribution is 7.89. The second-order valence-electron chi connectivity index (χ2n) is 6.54. The minimum absolute atomic E-state index is 0.164. The normalized spacial score (nSPS) is 11.4. The van der Waals surface area contributed by atoms with Crippen LogP contribution in [0.15, 0.2) is 65.7 Å². The highest BCUT2D eigenvalue weighted by Crippen LogP contribution is 2.14. The van der Waals surface area contributed by atoms with E-state index in [1.807, 2.05) is 41.9 Å². The number of nitrogens with one attached hydrogen (secondary N) is 2. The van der Waals surface area contributed by atoms with Crippen LogP contribution in [0.25, 0.3) is 0 Å². The van der Waals surface area contributed by atoms with Crippen molar-refractivity contribution >= 4 is 15.9 Å². The van der Waals surface area contributed by atoms with Crippen LogP contribution in [0.2, 0.25) is 0 Å². The van der Waals surface area contributed by atoms with Crippen LogP contribution in [0.1, 0.15) is 34.1 Å². The second-order valence-corrected chi connectivity index (χ2v) is 8.43. The average molecular weight is 413 g/mol. The summed E-state index contributed by atoms with van der Waals surface area (Å²) >= 11 is 0. The zero-order valence-electron chi connectivity index (χ0n) is 16.4. The number of carbonyl (C=O) groups is 1. The minimum Gasteiger partial charge on any atom is -0.348 e. The molecule has 2 aromatic carbocycles. The molecule has 0 bridgehead atoms. The van der Waals surface area contributed by atoms with Crippen LogP contribution >= 0.6 is 0 Å². The molecule has 0 radical (unpaired) electrons. The number of hydrogen-bond donors (Lipinski definition) is 2. The first-order valence-corrected chi connectivity index (χ1v) is 10.8. The maximum absolute atomic E-state index is 12.7. The summed E-state index contributed by atoms with van der Waals surface area (Å²) in [4.78, 5) is 12.9. The van der Waals surface area contributed by atoms with Gasteiger partial charge < -0.3 is 5.32 Å². The Hall–Kier alpha value is -2.97. The molecule has 2 N–H and O–H groups in total. The monoisotopic (exact) mass is 412 g/mol. The van der Waals surface area contributed by atoms with Crippen LogP contribution in [0.4, 0.5) is 0 Å². The van der Waals surface area contributed by atoms with E-state index < -0.39 is 10.0 Å². The first-order valence-electron chi connectivity index (χ1n) is 9.34. The molecule has 0 spiro atoms. The van der Waals surface area contributed by atoms with Gasteiger partial charge in [0, 0.05) is 6.54 Å². The Morgan fingerprint density at radius 1 is 1.07 bits per heavy atom. The van der Waals surface area contributed by atoms with Gasteiger partial charge in [0.25, 0.3) is 5.91 Å². The van der Waals surface area contributed by atoms with Gasteiger partial charge in [-0.15, -0.1) is 0 Å². The lowest BCUT2D eigenvalue weighted by atomic mass is 10.1. The number of benzene rings is 2. The molecule has 7 nitrogen and oxygen atoms in total. The van der Waals surface area contributed by atoms with E-state index in [4.69, 9.17) is 0 Å². The van der Waals surface area contributed by atoms with E-state index in [9.17, 15) is 13.2 Å². The van der Waals surface area contributed by atoms with Gasteiger partial charge in [0.15, 0.2) is 0 Å². The Morgan fingerprint density at radius 3 is 2.48 bits per heavy atom. The van der Waals surface area contributed by atoms with E-state index in [0.29, 0.717) is 24.1 Å². The molecule has 1 aromatic heterocycles. The molecule has 0 unspecified atom stereocenters. The summed E-state index contributed by atoms with van der Waals surface area (Å²) in [5.41, 5.74) is 3.20. The average Bonchev–Trinajstić information content (AvgIpc) is 3.15. The number of nitrogens with zero attached hydrogens (tertiary/aromatic N) is 2. The third-order valence-electron chi connectivity index (χ3n) is 4.63. The van der Waals surface area contributed by atoms with Crippen LogP contribution in [-0.2, 0) is 29.5 Å². The van der Waals surface area contributed by atoms with Gasteiger partial charge in [-0.3, -0.25) is 9.48 Å². The van der Waals surface area contributed by atoms with E-state index >= 15 is 0 Å². The van der Waals surface area contributed by atoms with Crippen molar-refractivity contribution in [3.63, 3.8) is 0 Å². The van der Waals surface area contributed by atoms with Crippen molar-refractivity contribution < 1.29 is 13.2 Å². The van der Waals surface area contributed by atoms with Crippen molar-refractivity contribution in [2.45, 2.75) is 31.3 Å². The van der Waals surface area contributed by atoms with Crippen LogP contribution in [0, 0.1) is 0 Å². The van der Waals surface area contributed by atoms with Gasteiger partial charge >= 0.3 is 0 Å². The van der Waals surface area contributed by atoms with Crippen molar-refractivity contribution in [3.05, 3.63) is 83.2 Å². The van der Waals surface area contributed by atoms with Gasteiger partial charge in [0.05, 0.1) is 28.9 Å². The third kappa shape index (κ3) is 4.90. The van der Waals surface area contributed by atoms with Crippen molar-refractivity contribution in [3.8, 4) is 0 Å². The topological polar surface area (TPSA) is 93.1 Å². The Balaban J connectivity index is 1.72. The summed E-state index contributed by atoms with van der Waals surface area (Å²) in [5.74, 6) is -0.233.